The van der Waals surface area contributed by atoms with Crippen molar-refractivity contribution in [3.05, 3.63) is 23.8 Å². The fourth-order valence-corrected chi connectivity index (χ4v) is 2.33. The van der Waals surface area contributed by atoms with E-state index in [1.54, 1.807) is 0 Å². The number of esters is 1. The number of rotatable bonds is 6. The maximum absolute atomic E-state index is 11.9. The first-order valence-corrected chi connectivity index (χ1v) is 7.33. The third kappa shape index (κ3) is 3.92. The highest BCUT2D eigenvalue weighted by Gasteiger charge is 2.22. The third-order valence-corrected chi connectivity index (χ3v) is 4.08. The van der Waals surface area contributed by atoms with Gasteiger partial charge in [-0.15, -0.1) is 0 Å². The summed E-state index contributed by atoms with van der Waals surface area (Å²) in [4.78, 5) is 22.5. The van der Waals surface area contributed by atoms with Crippen LogP contribution in [0.15, 0.2) is 23.1 Å². The minimum atomic E-state index is -3.82. The van der Waals surface area contributed by atoms with E-state index in [0.717, 1.165) is 6.07 Å². The van der Waals surface area contributed by atoms with Crippen molar-refractivity contribution in [3.63, 3.8) is 0 Å². The quantitative estimate of drug-likeness (QED) is 0.690. The number of benzene rings is 1. The molecule has 0 aliphatic rings. The van der Waals surface area contributed by atoms with E-state index in [1.807, 2.05) is 0 Å². The van der Waals surface area contributed by atoms with Crippen LogP contribution in [-0.4, -0.2) is 40.6 Å². The molecule has 116 valence electrons. The summed E-state index contributed by atoms with van der Waals surface area (Å²) in [7, 11) is -1.28. The number of carbonyl (C=O) groups excluding carboxylic acids is 2. The molecule has 3 N–H and O–H groups in total. The van der Waals surface area contributed by atoms with Crippen LogP contribution in [0, 0.1) is 0 Å². The van der Waals surface area contributed by atoms with Crippen molar-refractivity contribution in [3.8, 4) is 5.75 Å². The smallest absolute Gasteiger partial charge is 0.338 e. The molecule has 21 heavy (non-hydrogen) atoms. The molecule has 0 radical (unpaired) electrons. The summed E-state index contributed by atoms with van der Waals surface area (Å²) in [5, 5.41) is 0. The van der Waals surface area contributed by atoms with Gasteiger partial charge in [-0.2, -0.15) is 0 Å². The van der Waals surface area contributed by atoms with Crippen molar-refractivity contribution >= 4 is 21.9 Å². The van der Waals surface area contributed by atoms with Gasteiger partial charge >= 0.3 is 5.97 Å². The average molecular weight is 316 g/mol. The summed E-state index contributed by atoms with van der Waals surface area (Å²) in [6.45, 7) is 1.31. The van der Waals surface area contributed by atoms with Crippen LogP contribution in [0.3, 0.4) is 0 Å². The Morgan fingerprint density at radius 3 is 2.43 bits per heavy atom. The Hall–Kier alpha value is -2.13. The van der Waals surface area contributed by atoms with E-state index >= 15 is 0 Å². The molecule has 0 aromatic heterocycles. The molecule has 0 spiro atoms. The van der Waals surface area contributed by atoms with E-state index < -0.39 is 28.0 Å². The lowest BCUT2D eigenvalue weighted by Gasteiger charge is -2.12. The van der Waals surface area contributed by atoms with Crippen LogP contribution in [-0.2, 0) is 19.6 Å². The molecule has 0 saturated heterocycles. The number of sulfonamides is 1. The average Bonchev–Trinajstić information content (AvgIpc) is 2.46. The summed E-state index contributed by atoms with van der Waals surface area (Å²) >= 11 is 0. The molecule has 1 rings (SSSR count). The van der Waals surface area contributed by atoms with E-state index in [2.05, 4.69) is 4.72 Å². The maximum atomic E-state index is 11.9. The predicted octanol–water partition coefficient (Wildman–Crippen LogP) is -0.366. The molecule has 0 heterocycles. The zero-order valence-electron chi connectivity index (χ0n) is 11.7. The second-order valence-corrected chi connectivity index (χ2v) is 5.88. The first-order chi connectivity index (χ1) is 9.72. The van der Waals surface area contributed by atoms with Gasteiger partial charge in [0.15, 0.2) is 6.10 Å². The summed E-state index contributed by atoms with van der Waals surface area (Å²) in [5.74, 6) is -1.60. The lowest BCUT2D eigenvalue weighted by Crippen LogP contribution is -2.30. The van der Waals surface area contributed by atoms with Crippen LogP contribution in [0.5, 0.6) is 5.75 Å². The Kier molecular flexibility index (Phi) is 5.28. The number of amides is 1. The van der Waals surface area contributed by atoms with Gasteiger partial charge in [-0.3, -0.25) is 4.79 Å². The zero-order valence-corrected chi connectivity index (χ0v) is 12.6. The standard InChI is InChI=1S/C12H16N2O6S/c1-7(11(13)15)20-12(16)8-4-5-9(19-3)10(6-8)21(17,18)14-2/h4-7,14H,1-3H3,(H2,13,15)/t7-/m1/s1. The van der Waals surface area contributed by atoms with Gasteiger partial charge in [0.25, 0.3) is 5.91 Å². The molecule has 0 aliphatic heterocycles. The number of nitrogens with two attached hydrogens (primary N) is 1. The summed E-state index contributed by atoms with van der Waals surface area (Å²) in [6, 6.07) is 3.74. The molecule has 1 aromatic carbocycles. The van der Waals surface area contributed by atoms with Gasteiger partial charge in [-0.25, -0.2) is 17.9 Å². The molecule has 0 bridgehead atoms. The number of ether oxygens (including phenoxy) is 2. The molecule has 1 amide bonds. The molecular formula is C12H16N2O6S. The van der Waals surface area contributed by atoms with E-state index in [-0.39, 0.29) is 16.2 Å². The molecule has 1 atom stereocenters. The second kappa shape index (κ2) is 6.55. The van der Waals surface area contributed by atoms with E-state index in [1.165, 1.54) is 33.2 Å². The largest absolute Gasteiger partial charge is 0.495 e. The minimum absolute atomic E-state index is 0.0438. The first-order valence-electron chi connectivity index (χ1n) is 5.84. The molecule has 9 heteroatoms. The Bertz CT molecular complexity index is 656. The van der Waals surface area contributed by atoms with Crippen molar-refractivity contribution in [2.45, 2.75) is 17.9 Å². The molecular weight excluding hydrogens is 300 g/mol. The van der Waals surface area contributed by atoms with Gasteiger partial charge in [0, 0.05) is 0 Å². The fourth-order valence-electron chi connectivity index (χ4n) is 1.41. The Morgan fingerprint density at radius 2 is 1.95 bits per heavy atom. The maximum Gasteiger partial charge on any atom is 0.338 e. The summed E-state index contributed by atoms with van der Waals surface area (Å²) < 4.78 is 35.6. The zero-order chi connectivity index (χ0) is 16.2. The fraction of sp³-hybridized carbons (Fsp3) is 0.333. The Balaban J connectivity index is 3.20. The van der Waals surface area contributed by atoms with Crippen LogP contribution in [0.1, 0.15) is 17.3 Å². The van der Waals surface area contributed by atoms with Gasteiger partial charge < -0.3 is 15.2 Å². The highest BCUT2D eigenvalue weighted by molar-refractivity contribution is 7.89. The van der Waals surface area contributed by atoms with Crippen molar-refractivity contribution in [1.29, 1.82) is 0 Å². The molecule has 0 aliphatic carbocycles. The van der Waals surface area contributed by atoms with Gasteiger partial charge in [0.1, 0.15) is 10.6 Å². The van der Waals surface area contributed by atoms with Crippen molar-refractivity contribution in [2.24, 2.45) is 5.73 Å². The van der Waals surface area contributed by atoms with Gasteiger partial charge in [-0.1, -0.05) is 0 Å². The van der Waals surface area contributed by atoms with Crippen LogP contribution in [0.2, 0.25) is 0 Å². The van der Waals surface area contributed by atoms with Crippen molar-refractivity contribution in [1.82, 2.24) is 4.72 Å². The Labute approximate surface area is 122 Å². The lowest BCUT2D eigenvalue weighted by molar-refractivity contribution is -0.125. The number of hydrogen-bond acceptors (Lipinski definition) is 6. The molecule has 1 aromatic rings. The number of hydrogen-bond donors (Lipinski definition) is 2. The number of nitrogens with one attached hydrogen (secondary N) is 1. The topological polar surface area (TPSA) is 125 Å². The van der Waals surface area contributed by atoms with E-state index in [9.17, 15) is 18.0 Å². The molecule has 0 unspecified atom stereocenters. The molecule has 0 fully saturated rings. The Morgan fingerprint density at radius 1 is 1.33 bits per heavy atom. The third-order valence-electron chi connectivity index (χ3n) is 2.64. The summed E-state index contributed by atoms with van der Waals surface area (Å²) in [5.41, 5.74) is 4.94. The van der Waals surface area contributed by atoms with Crippen LogP contribution in [0.25, 0.3) is 0 Å². The predicted molar refractivity (Wildman–Crippen MR) is 73.3 cm³/mol. The minimum Gasteiger partial charge on any atom is -0.495 e. The second-order valence-electron chi connectivity index (χ2n) is 4.02. The highest BCUT2D eigenvalue weighted by atomic mass is 32.2. The SMILES string of the molecule is CNS(=O)(=O)c1cc(C(=O)O[C@H](C)C(N)=O)ccc1OC. The molecule has 8 nitrogen and oxygen atoms in total. The molecule has 0 saturated carbocycles. The van der Waals surface area contributed by atoms with Gasteiger partial charge in [-0.05, 0) is 32.2 Å². The highest BCUT2D eigenvalue weighted by Crippen LogP contribution is 2.25. The van der Waals surface area contributed by atoms with Crippen molar-refractivity contribution < 1.29 is 27.5 Å². The first kappa shape index (κ1) is 16.9. The van der Waals surface area contributed by atoms with E-state index in [4.69, 9.17) is 15.2 Å². The van der Waals surface area contributed by atoms with Crippen LogP contribution >= 0.6 is 0 Å². The van der Waals surface area contributed by atoms with E-state index in [0.29, 0.717) is 0 Å². The van der Waals surface area contributed by atoms with Gasteiger partial charge in [0.05, 0.1) is 12.7 Å². The van der Waals surface area contributed by atoms with Crippen LogP contribution < -0.4 is 15.2 Å². The van der Waals surface area contributed by atoms with Crippen molar-refractivity contribution in [2.75, 3.05) is 14.2 Å². The van der Waals surface area contributed by atoms with Crippen LogP contribution in [0.4, 0.5) is 0 Å². The number of primary amides is 1. The number of carbonyl (C=O) groups is 2. The normalized spacial score (nSPS) is 12.5. The van der Waals surface area contributed by atoms with Gasteiger partial charge in [0.2, 0.25) is 10.0 Å². The summed E-state index contributed by atoms with van der Waals surface area (Å²) in [6.07, 6.45) is -1.12. The monoisotopic (exact) mass is 316 g/mol. The number of methoxy groups -OCH3 is 1. The lowest BCUT2D eigenvalue weighted by atomic mass is 10.2.